The van der Waals surface area contributed by atoms with E-state index >= 15 is 0 Å². The maximum Gasteiger partial charge on any atom is 0.273 e. The number of fused-ring (bicyclic) bond motifs is 1. The lowest BCUT2D eigenvalue weighted by molar-refractivity contribution is 0.103. The summed E-state index contributed by atoms with van der Waals surface area (Å²) in [5.41, 5.74) is 8.66. The Balaban J connectivity index is 1.64. The van der Waals surface area contributed by atoms with Crippen molar-refractivity contribution in [2.75, 3.05) is 0 Å². The highest BCUT2D eigenvalue weighted by Crippen LogP contribution is 2.41. The van der Waals surface area contributed by atoms with Crippen molar-refractivity contribution < 1.29 is 0 Å². The molecule has 5 rings (SSSR count). The molecule has 1 fully saturated rings. The van der Waals surface area contributed by atoms with Gasteiger partial charge < -0.3 is 5.73 Å². The Labute approximate surface area is 165 Å². The number of hydrogen-bond donors (Lipinski definition) is 2. The summed E-state index contributed by atoms with van der Waals surface area (Å²) in [6.07, 6.45) is 10.5. The summed E-state index contributed by atoms with van der Waals surface area (Å²) in [5, 5.41) is 20.8. The molecule has 0 bridgehead atoms. The van der Waals surface area contributed by atoms with Crippen LogP contribution in [-0.4, -0.2) is 40.2 Å². The molecular formula is C19H19N9O. The third kappa shape index (κ3) is 2.67. The molecule has 0 spiro atoms. The minimum Gasteiger partial charge on any atom is -0.328 e. The van der Waals surface area contributed by atoms with Gasteiger partial charge in [-0.1, -0.05) is 0 Å². The standard InChI is InChI=1S/C19H19N9O/c1-26-10-14(18(29)25-26)15-11-27-16(2-5-22-27)17(24-15)12-8-23-28(9-12)19(3-4-20)6-13(21)7-19/h2,5,8-11,13H,3,6-7,21H2,1H3,(H,25,29). The average molecular weight is 389 g/mol. The molecule has 0 amide bonds. The van der Waals surface area contributed by atoms with Crippen LogP contribution in [0, 0.1) is 11.3 Å². The highest BCUT2D eigenvalue weighted by atomic mass is 16.1. The average Bonchev–Trinajstić information content (AvgIpc) is 3.38. The molecule has 0 aromatic carbocycles. The summed E-state index contributed by atoms with van der Waals surface area (Å²) in [6.45, 7) is 0. The summed E-state index contributed by atoms with van der Waals surface area (Å²) >= 11 is 0. The molecule has 0 aliphatic heterocycles. The van der Waals surface area contributed by atoms with Gasteiger partial charge in [0.15, 0.2) is 0 Å². The van der Waals surface area contributed by atoms with Crippen LogP contribution in [0.15, 0.2) is 41.8 Å². The summed E-state index contributed by atoms with van der Waals surface area (Å²) in [4.78, 5) is 17.0. The van der Waals surface area contributed by atoms with Crippen LogP contribution in [-0.2, 0) is 12.6 Å². The zero-order chi connectivity index (χ0) is 20.2. The SMILES string of the molecule is Cn1cc(-c2cn3nccc3c(-c3cnn(C4(CC#N)CC(N)C4)c3)n2)c(=O)[nH]1. The zero-order valence-electron chi connectivity index (χ0n) is 15.8. The van der Waals surface area contributed by atoms with Gasteiger partial charge in [0.05, 0.1) is 59.1 Å². The number of aryl methyl sites for hydroxylation is 1. The van der Waals surface area contributed by atoms with Crippen LogP contribution < -0.4 is 11.3 Å². The van der Waals surface area contributed by atoms with Crippen LogP contribution >= 0.6 is 0 Å². The largest absolute Gasteiger partial charge is 0.328 e. The van der Waals surface area contributed by atoms with Crippen LogP contribution in [0.3, 0.4) is 0 Å². The minimum absolute atomic E-state index is 0.0868. The number of nitrogens with one attached hydrogen (secondary N) is 1. The van der Waals surface area contributed by atoms with Crippen LogP contribution in [0.25, 0.3) is 28.0 Å². The Morgan fingerprint density at radius 1 is 1.34 bits per heavy atom. The summed E-state index contributed by atoms with van der Waals surface area (Å²) in [5.74, 6) is 0. The van der Waals surface area contributed by atoms with Gasteiger partial charge in [0.25, 0.3) is 5.56 Å². The molecule has 1 aliphatic rings. The molecule has 4 aromatic heterocycles. The van der Waals surface area contributed by atoms with E-state index in [1.54, 1.807) is 41.0 Å². The molecule has 0 atom stereocenters. The lowest BCUT2D eigenvalue weighted by Gasteiger charge is -2.44. The van der Waals surface area contributed by atoms with Gasteiger partial charge in [-0.3, -0.25) is 19.3 Å². The molecule has 10 nitrogen and oxygen atoms in total. The molecule has 0 radical (unpaired) electrons. The van der Waals surface area contributed by atoms with Gasteiger partial charge in [0, 0.05) is 31.0 Å². The Morgan fingerprint density at radius 2 is 2.17 bits per heavy atom. The van der Waals surface area contributed by atoms with E-state index in [0.717, 1.165) is 23.9 Å². The first-order valence-corrected chi connectivity index (χ1v) is 9.27. The van der Waals surface area contributed by atoms with Crippen molar-refractivity contribution >= 4 is 5.52 Å². The van der Waals surface area contributed by atoms with E-state index in [-0.39, 0.29) is 17.1 Å². The first-order valence-electron chi connectivity index (χ1n) is 9.27. The second-order valence-electron chi connectivity index (χ2n) is 7.63. The van der Waals surface area contributed by atoms with E-state index < -0.39 is 0 Å². The maximum absolute atomic E-state index is 12.2. The second kappa shape index (κ2) is 6.15. The maximum atomic E-state index is 12.2. The van der Waals surface area contributed by atoms with Crippen LogP contribution in [0.4, 0.5) is 0 Å². The van der Waals surface area contributed by atoms with E-state index in [4.69, 9.17) is 10.7 Å². The van der Waals surface area contributed by atoms with E-state index in [1.165, 1.54) is 0 Å². The zero-order valence-corrected chi connectivity index (χ0v) is 15.8. The van der Waals surface area contributed by atoms with Crippen LogP contribution in [0.2, 0.25) is 0 Å². The third-order valence-electron chi connectivity index (χ3n) is 5.55. The van der Waals surface area contributed by atoms with E-state index in [1.807, 2.05) is 16.9 Å². The number of H-pyrrole nitrogens is 1. The van der Waals surface area contributed by atoms with Gasteiger partial charge in [0.1, 0.15) is 0 Å². The van der Waals surface area contributed by atoms with E-state index in [2.05, 4.69) is 21.4 Å². The number of aromatic amines is 1. The summed E-state index contributed by atoms with van der Waals surface area (Å²) in [6, 6.07) is 4.21. The van der Waals surface area contributed by atoms with Crippen molar-refractivity contribution in [3.8, 4) is 28.6 Å². The van der Waals surface area contributed by atoms with Crippen LogP contribution in [0.1, 0.15) is 19.3 Å². The fourth-order valence-corrected chi connectivity index (χ4v) is 4.14. The molecule has 3 N–H and O–H groups in total. The first kappa shape index (κ1) is 17.4. The molecule has 1 saturated carbocycles. The highest BCUT2D eigenvalue weighted by Gasteiger charge is 2.45. The molecule has 0 unspecified atom stereocenters. The van der Waals surface area contributed by atoms with E-state index in [0.29, 0.717) is 23.4 Å². The molecule has 10 heteroatoms. The Bertz CT molecular complexity index is 1310. The van der Waals surface area contributed by atoms with Gasteiger partial charge in [0.2, 0.25) is 0 Å². The quantitative estimate of drug-likeness (QED) is 0.535. The van der Waals surface area contributed by atoms with Gasteiger partial charge in [-0.25, -0.2) is 9.50 Å². The number of aromatic nitrogens is 7. The van der Waals surface area contributed by atoms with Crippen molar-refractivity contribution in [2.45, 2.75) is 30.8 Å². The molecule has 29 heavy (non-hydrogen) atoms. The first-order chi connectivity index (χ1) is 14.0. The minimum atomic E-state index is -0.364. The number of rotatable bonds is 4. The van der Waals surface area contributed by atoms with Gasteiger partial charge in [-0.05, 0) is 18.9 Å². The third-order valence-corrected chi connectivity index (χ3v) is 5.55. The molecule has 4 heterocycles. The highest BCUT2D eigenvalue weighted by molar-refractivity contribution is 5.78. The van der Waals surface area contributed by atoms with Crippen molar-refractivity contribution in [2.24, 2.45) is 12.8 Å². The summed E-state index contributed by atoms with van der Waals surface area (Å²) in [7, 11) is 1.75. The number of nitriles is 1. The fourth-order valence-electron chi connectivity index (χ4n) is 4.14. The van der Waals surface area contributed by atoms with E-state index in [9.17, 15) is 10.1 Å². The Morgan fingerprint density at radius 3 is 2.86 bits per heavy atom. The number of nitrogens with zero attached hydrogens (tertiary/aromatic N) is 7. The van der Waals surface area contributed by atoms with Gasteiger partial charge in [-0.15, -0.1) is 0 Å². The van der Waals surface area contributed by atoms with Crippen LogP contribution in [0.5, 0.6) is 0 Å². The van der Waals surface area contributed by atoms with Gasteiger partial charge >= 0.3 is 0 Å². The molecule has 1 aliphatic carbocycles. The Kier molecular flexibility index (Phi) is 3.69. The molecule has 146 valence electrons. The van der Waals surface area contributed by atoms with Crippen molar-refractivity contribution in [1.82, 2.24) is 34.2 Å². The second-order valence-corrected chi connectivity index (χ2v) is 7.63. The fraction of sp³-hybridized carbons (Fsp3) is 0.316. The van der Waals surface area contributed by atoms with Gasteiger partial charge in [-0.2, -0.15) is 15.5 Å². The number of hydrogen-bond acceptors (Lipinski definition) is 6. The number of nitrogens with two attached hydrogens (primary N) is 1. The van der Waals surface area contributed by atoms with Crippen molar-refractivity contribution in [1.29, 1.82) is 5.26 Å². The predicted molar refractivity (Wildman–Crippen MR) is 105 cm³/mol. The van der Waals surface area contributed by atoms with Crippen molar-refractivity contribution in [3.63, 3.8) is 0 Å². The molecule has 0 saturated heterocycles. The smallest absolute Gasteiger partial charge is 0.273 e. The molecular weight excluding hydrogens is 370 g/mol. The van der Waals surface area contributed by atoms with Crippen molar-refractivity contribution in [3.05, 3.63) is 47.4 Å². The summed E-state index contributed by atoms with van der Waals surface area (Å²) < 4.78 is 5.13. The Hall–Kier alpha value is -3.71. The topological polar surface area (TPSA) is 136 Å². The lowest BCUT2D eigenvalue weighted by Crippen LogP contribution is -2.53. The normalized spacial score (nSPS) is 21.2. The predicted octanol–water partition coefficient (Wildman–Crippen LogP) is 1.02. The monoisotopic (exact) mass is 389 g/mol. The molecule has 4 aromatic rings. The lowest BCUT2D eigenvalue weighted by atomic mass is 9.71.